The molecule has 1 aromatic heterocycles. The lowest BCUT2D eigenvalue weighted by molar-refractivity contribution is -0.137. The second-order valence-electron chi connectivity index (χ2n) is 7.65. The van der Waals surface area contributed by atoms with Gasteiger partial charge in [-0.05, 0) is 38.6 Å². The van der Waals surface area contributed by atoms with Gasteiger partial charge in [-0.15, -0.1) is 0 Å². The van der Waals surface area contributed by atoms with Crippen molar-refractivity contribution >= 4 is 11.8 Å². The molecule has 3 rings (SSSR count). The second-order valence-corrected chi connectivity index (χ2v) is 7.65. The molecule has 0 aliphatic carbocycles. The van der Waals surface area contributed by atoms with Crippen LogP contribution in [0.15, 0.2) is 53.3 Å². The number of benzene rings is 1. The third-order valence-corrected chi connectivity index (χ3v) is 5.17. The van der Waals surface area contributed by atoms with Crippen molar-refractivity contribution in [1.29, 1.82) is 0 Å². The Labute approximate surface area is 166 Å². The van der Waals surface area contributed by atoms with Crippen LogP contribution in [0.2, 0.25) is 0 Å². The molecule has 2 heterocycles. The van der Waals surface area contributed by atoms with Gasteiger partial charge in [0.05, 0.1) is 17.7 Å². The summed E-state index contributed by atoms with van der Waals surface area (Å²) in [6.45, 7) is 3.23. The highest BCUT2D eigenvalue weighted by Crippen LogP contribution is 2.22. The quantitative estimate of drug-likeness (QED) is 0.738. The maximum absolute atomic E-state index is 13.3. The molecule has 0 spiro atoms. The molecule has 2 aromatic rings. The number of hydrogen-bond acceptors (Lipinski definition) is 4. The van der Waals surface area contributed by atoms with Crippen LogP contribution in [0.25, 0.3) is 0 Å². The molecule has 1 aliphatic rings. The minimum Gasteiger partial charge on any atom is -0.472 e. The Bertz CT molecular complexity index is 759. The molecule has 6 heteroatoms. The van der Waals surface area contributed by atoms with E-state index in [0.717, 1.165) is 24.9 Å². The lowest BCUT2D eigenvalue weighted by Crippen LogP contribution is -2.47. The van der Waals surface area contributed by atoms with Gasteiger partial charge >= 0.3 is 0 Å². The lowest BCUT2D eigenvalue weighted by atomic mass is 9.95. The molecular weight excluding hydrogens is 354 g/mol. The standard InChI is InChI=1S/C22H29N3O3/c1-23(2)12-13-25(15-18-7-4-3-5-8-18)21(26)19-9-6-11-24(16-19)22(27)20-10-14-28-17-20/h3-5,7-8,10,14,17,19H,6,9,11-13,15-16H2,1-2H3. The number of carbonyl (C=O) groups is 2. The van der Waals surface area contributed by atoms with Gasteiger partial charge in [0.15, 0.2) is 0 Å². The van der Waals surface area contributed by atoms with E-state index < -0.39 is 0 Å². The van der Waals surface area contributed by atoms with Gasteiger partial charge in [-0.25, -0.2) is 0 Å². The van der Waals surface area contributed by atoms with Crippen LogP contribution in [0.1, 0.15) is 28.8 Å². The molecule has 1 atom stereocenters. The van der Waals surface area contributed by atoms with Crippen LogP contribution in [0, 0.1) is 5.92 Å². The van der Waals surface area contributed by atoms with Crippen LogP contribution >= 0.6 is 0 Å². The fraction of sp³-hybridized carbons (Fsp3) is 0.455. The SMILES string of the molecule is CN(C)CCN(Cc1ccccc1)C(=O)C1CCCN(C(=O)c2ccoc2)C1. The third-order valence-electron chi connectivity index (χ3n) is 5.17. The highest BCUT2D eigenvalue weighted by molar-refractivity contribution is 5.94. The van der Waals surface area contributed by atoms with Crippen molar-refractivity contribution in [3.8, 4) is 0 Å². The zero-order valence-corrected chi connectivity index (χ0v) is 16.7. The summed E-state index contributed by atoms with van der Waals surface area (Å²) in [5, 5.41) is 0. The first-order valence-electron chi connectivity index (χ1n) is 9.83. The molecule has 0 radical (unpaired) electrons. The van der Waals surface area contributed by atoms with Crippen molar-refractivity contribution < 1.29 is 14.0 Å². The van der Waals surface area contributed by atoms with Crippen molar-refractivity contribution in [2.24, 2.45) is 5.92 Å². The Kier molecular flexibility index (Phi) is 6.87. The molecule has 1 unspecified atom stereocenters. The molecule has 1 aliphatic heterocycles. The van der Waals surface area contributed by atoms with Crippen LogP contribution in [0.3, 0.4) is 0 Å². The summed E-state index contributed by atoms with van der Waals surface area (Å²) >= 11 is 0. The number of likely N-dealkylation sites (tertiary alicyclic amines) is 1. The highest BCUT2D eigenvalue weighted by Gasteiger charge is 2.31. The summed E-state index contributed by atoms with van der Waals surface area (Å²) in [5.74, 6) is -0.0833. The molecule has 2 amide bonds. The Morgan fingerprint density at radius 3 is 2.61 bits per heavy atom. The average molecular weight is 383 g/mol. The number of piperidine rings is 1. The third kappa shape index (κ3) is 5.23. The molecule has 0 N–H and O–H groups in total. The largest absolute Gasteiger partial charge is 0.472 e. The molecule has 6 nitrogen and oxygen atoms in total. The number of carbonyl (C=O) groups excluding carboxylic acids is 2. The van der Waals surface area contributed by atoms with Crippen molar-refractivity contribution in [1.82, 2.24) is 14.7 Å². The maximum Gasteiger partial charge on any atom is 0.257 e. The Morgan fingerprint density at radius 1 is 1.14 bits per heavy atom. The predicted octanol–water partition coefficient (Wildman–Crippen LogP) is 2.72. The van der Waals surface area contributed by atoms with Crippen molar-refractivity contribution in [3.05, 3.63) is 60.1 Å². The first-order chi connectivity index (χ1) is 13.5. The fourth-order valence-electron chi connectivity index (χ4n) is 3.58. The minimum atomic E-state index is -0.157. The molecule has 1 aromatic carbocycles. The highest BCUT2D eigenvalue weighted by atomic mass is 16.3. The zero-order chi connectivity index (χ0) is 19.9. The summed E-state index contributed by atoms with van der Waals surface area (Å²) in [6, 6.07) is 11.7. The van der Waals surface area contributed by atoms with Crippen molar-refractivity contribution in [2.45, 2.75) is 19.4 Å². The zero-order valence-electron chi connectivity index (χ0n) is 16.7. The van der Waals surface area contributed by atoms with E-state index in [9.17, 15) is 9.59 Å². The van der Waals surface area contributed by atoms with Gasteiger partial charge in [0, 0.05) is 32.7 Å². The molecular formula is C22H29N3O3. The van der Waals surface area contributed by atoms with Gasteiger partial charge in [0.25, 0.3) is 5.91 Å². The summed E-state index contributed by atoms with van der Waals surface area (Å²) in [6.07, 6.45) is 4.63. The summed E-state index contributed by atoms with van der Waals surface area (Å²) in [7, 11) is 4.02. The molecule has 150 valence electrons. The summed E-state index contributed by atoms with van der Waals surface area (Å²) < 4.78 is 5.03. The van der Waals surface area contributed by atoms with Gasteiger partial charge in [-0.2, -0.15) is 0 Å². The van der Waals surface area contributed by atoms with E-state index in [2.05, 4.69) is 4.90 Å². The minimum absolute atomic E-state index is 0.0610. The number of furan rings is 1. The molecule has 1 fully saturated rings. The van der Waals surface area contributed by atoms with E-state index in [1.165, 1.54) is 12.5 Å². The molecule has 28 heavy (non-hydrogen) atoms. The average Bonchev–Trinajstić information content (AvgIpc) is 3.25. The van der Waals surface area contributed by atoms with Crippen LogP contribution in [0.4, 0.5) is 0 Å². The predicted molar refractivity (Wildman–Crippen MR) is 108 cm³/mol. The van der Waals surface area contributed by atoms with Crippen molar-refractivity contribution in [3.63, 3.8) is 0 Å². The summed E-state index contributed by atoms with van der Waals surface area (Å²) in [4.78, 5) is 31.8. The number of rotatable bonds is 7. The monoisotopic (exact) mass is 383 g/mol. The number of amides is 2. The van der Waals surface area contributed by atoms with Crippen LogP contribution in [0.5, 0.6) is 0 Å². The van der Waals surface area contributed by atoms with E-state index in [-0.39, 0.29) is 17.7 Å². The van der Waals surface area contributed by atoms with E-state index in [0.29, 0.717) is 31.7 Å². The normalized spacial score (nSPS) is 17.0. The number of likely N-dealkylation sites (N-methyl/N-ethyl adjacent to an activating group) is 1. The van der Waals surface area contributed by atoms with Gasteiger partial charge in [0.1, 0.15) is 6.26 Å². The number of hydrogen-bond donors (Lipinski definition) is 0. The van der Waals surface area contributed by atoms with E-state index in [1.807, 2.05) is 49.3 Å². The second kappa shape index (κ2) is 9.55. The first-order valence-corrected chi connectivity index (χ1v) is 9.83. The number of nitrogens with zero attached hydrogens (tertiary/aromatic N) is 3. The Balaban J connectivity index is 1.68. The van der Waals surface area contributed by atoms with Crippen LogP contribution in [-0.4, -0.2) is 66.8 Å². The first kappa shape index (κ1) is 20.1. The smallest absolute Gasteiger partial charge is 0.257 e. The molecule has 0 bridgehead atoms. The summed E-state index contributed by atoms with van der Waals surface area (Å²) in [5.41, 5.74) is 1.67. The fourth-order valence-corrected chi connectivity index (χ4v) is 3.58. The maximum atomic E-state index is 13.3. The Morgan fingerprint density at radius 2 is 1.93 bits per heavy atom. The topological polar surface area (TPSA) is 57.0 Å². The van der Waals surface area contributed by atoms with Gasteiger partial charge < -0.3 is 19.1 Å². The van der Waals surface area contributed by atoms with E-state index in [1.54, 1.807) is 11.0 Å². The lowest BCUT2D eigenvalue weighted by Gasteiger charge is -2.35. The van der Waals surface area contributed by atoms with E-state index in [4.69, 9.17) is 4.42 Å². The van der Waals surface area contributed by atoms with Gasteiger partial charge in [-0.3, -0.25) is 9.59 Å². The van der Waals surface area contributed by atoms with Gasteiger partial charge in [-0.1, -0.05) is 30.3 Å². The molecule has 1 saturated heterocycles. The van der Waals surface area contributed by atoms with Crippen molar-refractivity contribution in [2.75, 3.05) is 40.3 Å². The van der Waals surface area contributed by atoms with Gasteiger partial charge in [0.2, 0.25) is 5.91 Å². The van der Waals surface area contributed by atoms with Crippen LogP contribution < -0.4 is 0 Å². The Hall–Kier alpha value is -2.60. The van der Waals surface area contributed by atoms with E-state index >= 15 is 0 Å². The molecule has 0 saturated carbocycles. The van der Waals surface area contributed by atoms with Crippen LogP contribution in [-0.2, 0) is 11.3 Å².